The van der Waals surface area contributed by atoms with Crippen molar-refractivity contribution in [2.24, 2.45) is 0 Å². The Kier molecular flexibility index (Phi) is 4.30. The third-order valence-corrected chi connectivity index (χ3v) is 3.48. The molecule has 2 N–H and O–H groups in total. The van der Waals surface area contributed by atoms with Gasteiger partial charge < -0.3 is 10.1 Å². The molecule has 3 amide bonds. The molecule has 1 aliphatic heterocycles. The van der Waals surface area contributed by atoms with Crippen molar-refractivity contribution in [2.45, 2.75) is 6.61 Å². The first-order chi connectivity index (χ1) is 11.1. The van der Waals surface area contributed by atoms with Crippen LogP contribution < -0.4 is 15.4 Å². The van der Waals surface area contributed by atoms with Crippen molar-refractivity contribution in [3.05, 3.63) is 70.4 Å². The summed E-state index contributed by atoms with van der Waals surface area (Å²) < 4.78 is 5.68. The van der Waals surface area contributed by atoms with Crippen LogP contribution in [0.25, 0.3) is 6.08 Å². The number of halogens is 1. The van der Waals surface area contributed by atoms with Crippen LogP contribution in [0.1, 0.15) is 11.1 Å². The van der Waals surface area contributed by atoms with E-state index in [2.05, 4.69) is 10.6 Å². The van der Waals surface area contributed by atoms with Crippen LogP contribution in [0, 0.1) is 0 Å². The Morgan fingerprint density at radius 2 is 1.65 bits per heavy atom. The summed E-state index contributed by atoms with van der Waals surface area (Å²) in [7, 11) is 0. The molecule has 1 fully saturated rings. The fraction of sp³-hybridized carbons (Fsp3) is 0.0588. The number of carbonyl (C=O) groups is 2. The molecule has 1 heterocycles. The lowest BCUT2D eigenvalue weighted by molar-refractivity contribution is -0.115. The Balaban J connectivity index is 1.63. The second-order valence-corrected chi connectivity index (χ2v) is 5.39. The largest absolute Gasteiger partial charge is 0.489 e. The van der Waals surface area contributed by atoms with Crippen molar-refractivity contribution in [3.63, 3.8) is 0 Å². The Labute approximate surface area is 137 Å². The van der Waals surface area contributed by atoms with Crippen molar-refractivity contribution >= 4 is 29.6 Å². The van der Waals surface area contributed by atoms with E-state index in [0.29, 0.717) is 17.4 Å². The first kappa shape index (κ1) is 15.1. The minimum absolute atomic E-state index is 0.227. The third kappa shape index (κ3) is 3.90. The lowest BCUT2D eigenvalue weighted by Crippen LogP contribution is -2.22. The number of urea groups is 1. The smallest absolute Gasteiger partial charge is 0.326 e. The summed E-state index contributed by atoms with van der Waals surface area (Å²) in [5.41, 5.74) is 2.03. The zero-order valence-corrected chi connectivity index (χ0v) is 12.8. The van der Waals surface area contributed by atoms with Crippen molar-refractivity contribution in [3.8, 4) is 5.75 Å². The van der Waals surface area contributed by atoms with Gasteiger partial charge in [0.05, 0.1) is 0 Å². The number of carbonyl (C=O) groups excluding carboxylic acids is 2. The van der Waals surface area contributed by atoms with E-state index in [9.17, 15) is 9.59 Å². The number of imide groups is 1. The maximum absolute atomic E-state index is 11.4. The van der Waals surface area contributed by atoms with Crippen molar-refractivity contribution in [1.29, 1.82) is 0 Å². The first-order valence-corrected chi connectivity index (χ1v) is 7.29. The van der Waals surface area contributed by atoms with Crippen LogP contribution in [-0.2, 0) is 11.4 Å². The van der Waals surface area contributed by atoms with Crippen LogP contribution in [0.3, 0.4) is 0 Å². The third-order valence-electron chi connectivity index (χ3n) is 3.23. The van der Waals surface area contributed by atoms with Crippen LogP contribution in [-0.4, -0.2) is 11.9 Å². The zero-order chi connectivity index (χ0) is 16.2. The van der Waals surface area contributed by atoms with Crippen LogP contribution in [0.2, 0.25) is 5.02 Å². The molecule has 3 rings (SSSR count). The molecule has 0 atom stereocenters. The quantitative estimate of drug-likeness (QED) is 0.669. The van der Waals surface area contributed by atoms with E-state index in [0.717, 1.165) is 11.1 Å². The van der Waals surface area contributed by atoms with E-state index in [1.807, 2.05) is 36.4 Å². The number of hydrogen-bond acceptors (Lipinski definition) is 3. The summed E-state index contributed by atoms with van der Waals surface area (Å²) in [5, 5.41) is 5.28. The molecule has 116 valence electrons. The molecule has 2 aromatic rings. The van der Waals surface area contributed by atoms with Gasteiger partial charge in [0.2, 0.25) is 0 Å². The van der Waals surface area contributed by atoms with Crippen LogP contribution in [0.15, 0.2) is 54.2 Å². The van der Waals surface area contributed by atoms with Gasteiger partial charge in [-0.3, -0.25) is 10.1 Å². The van der Waals surface area contributed by atoms with Crippen molar-refractivity contribution < 1.29 is 14.3 Å². The van der Waals surface area contributed by atoms with E-state index in [4.69, 9.17) is 16.3 Å². The number of nitrogens with one attached hydrogen (secondary N) is 2. The number of amides is 3. The van der Waals surface area contributed by atoms with E-state index in [1.165, 1.54) is 0 Å². The van der Waals surface area contributed by atoms with E-state index < -0.39 is 11.9 Å². The average molecular weight is 329 g/mol. The maximum Gasteiger partial charge on any atom is 0.326 e. The molecule has 0 radical (unpaired) electrons. The predicted octanol–water partition coefficient (Wildman–Crippen LogP) is 3.10. The van der Waals surface area contributed by atoms with Crippen LogP contribution in [0.4, 0.5) is 4.79 Å². The predicted molar refractivity (Wildman–Crippen MR) is 86.9 cm³/mol. The van der Waals surface area contributed by atoms with E-state index in [-0.39, 0.29) is 5.70 Å². The van der Waals surface area contributed by atoms with Gasteiger partial charge in [-0.15, -0.1) is 0 Å². The molecule has 0 aromatic heterocycles. The molecule has 5 nitrogen and oxygen atoms in total. The standard InChI is InChI=1S/C17H13ClN2O3/c18-13-5-1-12(2-6-13)10-23-14-7-3-11(4-8-14)9-15-16(21)20-17(22)19-15/h1-9H,10H2,(H2,19,20,21,22)/b15-9-. The average Bonchev–Trinajstić information content (AvgIpc) is 2.86. The van der Waals surface area contributed by atoms with Gasteiger partial charge in [-0.25, -0.2) is 4.79 Å². The number of benzene rings is 2. The second kappa shape index (κ2) is 6.54. The molecule has 1 aliphatic rings. The summed E-state index contributed by atoms with van der Waals surface area (Å²) in [6, 6.07) is 14.2. The Bertz CT molecular complexity index is 767. The van der Waals surface area contributed by atoms with Gasteiger partial charge in [0.1, 0.15) is 18.1 Å². The highest BCUT2D eigenvalue weighted by atomic mass is 35.5. The molecule has 1 saturated heterocycles. The zero-order valence-electron chi connectivity index (χ0n) is 12.0. The molecular formula is C17H13ClN2O3. The van der Waals surface area contributed by atoms with Gasteiger partial charge in [-0.05, 0) is 41.5 Å². The number of ether oxygens (including phenoxy) is 1. The minimum atomic E-state index is -0.510. The van der Waals surface area contributed by atoms with Gasteiger partial charge in [0, 0.05) is 5.02 Å². The normalized spacial score (nSPS) is 15.4. The van der Waals surface area contributed by atoms with E-state index >= 15 is 0 Å². The molecule has 0 saturated carbocycles. The first-order valence-electron chi connectivity index (χ1n) is 6.91. The topological polar surface area (TPSA) is 67.4 Å². The molecule has 6 heteroatoms. The fourth-order valence-corrected chi connectivity index (χ4v) is 2.18. The summed E-state index contributed by atoms with van der Waals surface area (Å²) in [5.74, 6) is 0.278. The van der Waals surface area contributed by atoms with Gasteiger partial charge in [0.15, 0.2) is 0 Å². The van der Waals surface area contributed by atoms with Crippen LogP contribution in [0.5, 0.6) is 5.75 Å². The number of rotatable bonds is 4. The Morgan fingerprint density at radius 3 is 2.26 bits per heavy atom. The highest BCUT2D eigenvalue weighted by Crippen LogP contribution is 2.17. The summed E-state index contributed by atoms with van der Waals surface area (Å²) in [4.78, 5) is 22.5. The Hall–Kier alpha value is -2.79. The van der Waals surface area contributed by atoms with Crippen molar-refractivity contribution in [1.82, 2.24) is 10.6 Å². The minimum Gasteiger partial charge on any atom is -0.489 e. The maximum atomic E-state index is 11.4. The van der Waals surface area contributed by atoms with Gasteiger partial charge in [-0.1, -0.05) is 35.9 Å². The SMILES string of the molecule is O=C1NC(=O)/C(=C/c2ccc(OCc3ccc(Cl)cc3)cc2)N1. The highest BCUT2D eigenvalue weighted by Gasteiger charge is 2.22. The summed E-state index contributed by atoms with van der Waals surface area (Å²) in [6.45, 7) is 0.441. The molecule has 0 bridgehead atoms. The molecule has 0 unspecified atom stereocenters. The summed E-state index contributed by atoms with van der Waals surface area (Å²) >= 11 is 5.83. The lowest BCUT2D eigenvalue weighted by Gasteiger charge is -2.07. The summed E-state index contributed by atoms with van der Waals surface area (Å²) in [6.07, 6.45) is 1.60. The number of hydrogen-bond donors (Lipinski definition) is 2. The van der Waals surface area contributed by atoms with Crippen molar-refractivity contribution in [2.75, 3.05) is 0 Å². The van der Waals surface area contributed by atoms with Gasteiger partial charge in [0.25, 0.3) is 5.91 Å². The van der Waals surface area contributed by atoms with E-state index in [1.54, 1.807) is 18.2 Å². The monoisotopic (exact) mass is 328 g/mol. The molecule has 0 aliphatic carbocycles. The van der Waals surface area contributed by atoms with Gasteiger partial charge >= 0.3 is 6.03 Å². The molecule has 0 spiro atoms. The lowest BCUT2D eigenvalue weighted by atomic mass is 10.2. The second-order valence-electron chi connectivity index (χ2n) is 4.95. The Morgan fingerprint density at radius 1 is 0.957 bits per heavy atom. The van der Waals surface area contributed by atoms with Crippen LogP contribution >= 0.6 is 11.6 Å². The molecule has 2 aromatic carbocycles. The molecule has 23 heavy (non-hydrogen) atoms. The molecular weight excluding hydrogens is 316 g/mol. The fourth-order valence-electron chi connectivity index (χ4n) is 2.06. The highest BCUT2D eigenvalue weighted by molar-refractivity contribution is 6.30. The van der Waals surface area contributed by atoms with Gasteiger partial charge in [-0.2, -0.15) is 0 Å².